The van der Waals surface area contributed by atoms with E-state index >= 15 is 0 Å². The molecule has 1 aromatic heterocycles. The number of halogens is 1. The number of fused-ring (bicyclic) bond motifs is 1. The van der Waals surface area contributed by atoms with Crippen LogP contribution in [0.25, 0.3) is 10.9 Å². The average molecular weight is 353 g/mol. The molecule has 1 aliphatic heterocycles. The second-order valence-corrected chi connectivity index (χ2v) is 6.84. The Hall–Kier alpha value is -2.60. The van der Waals surface area contributed by atoms with E-state index in [0.29, 0.717) is 23.0 Å². The minimum Gasteiger partial charge on any atom is -0.332 e. The van der Waals surface area contributed by atoms with Crippen molar-refractivity contribution in [1.82, 2.24) is 9.88 Å². The molecule has 0 aliphatic carbocycles. The monoisotopic (exact) mass is 353 g/mol. The molecular weight excluding hydrogens is 337 g/mol. The van der Waals surface area contributed by atoms with Crippen LogP contribution in [0, 0.1) is 5.82 Å². The normalized spacial score (nSPS) is 13.9. The van der Waals surface area contributed by atoms with Crippen LogP contribution in [0.3, 0.4) is 0 Å². The molecule has 0 fully saturated rings. The van der Waals surface area contributed by atoms with Gasteiger partial charge in [0.15, 0.2) is 5.17 Å². The lowest BCUT2D eigenvalue weighted by atomic mass is 10.2. The van der Waals surface area contributed by atoms with E-state index in [2.05, 4.69) is 10.3 Å². The smallest absolute Gasteiger partial charge is 0.273 e. The van der Waals surface area contributed by atoms with E-state index in [4.69, 9.17) is 0 Å². The van der Waals surface area contributed by atoms with Crippen LogP contribution in [0.1, 0.15) is 16.1 Å². The number of aromatic nitrogens is 1. The predicted molar refractivity (Wildman–Crippen MR) is 99.7 cm³/mol. The maximum absolute atomic E-state index is 14.1. The molecule has 4 nitrogen and oxygen atoms in total. The predicted octanol–water partition coefficient (Wildman–Crippen LogP) is 3.66. The van der Waals surface area contributed by atoms with Crippen molar-refractivity contribution < 1.29 is 9.18 Å². The van der Waals surface area contributed by atoms with Crippen LogP contribution in [-0.4, -0.2) is 27.9 Å². The Labute approximate surface area is 148 Å². The highest BCUT2D eigenvalue weighted by atomic mass is 32.2. The summed E-state index contributed by atoms with van der Waals surface area (Å²) in [6, 6.07) is 16.2. The third-order valence-corrected chi connectivity index (χ3v) is 5.03. The molecule has 0 unspecified atom stereocenters. The molecule has 4 rings (SSSR count). The molecule has 3 aromatic rings. The zero-order valence-corrected chi connectivity index (χ0v) is 14.2. The first-order valence-corrected chi connectivity index (χ1v) is 9.01. The molecule has 6 heteroatoms. The van der Waals surface area contributed by atoms with Crippen LogP contribution < -0.4 is 5.32 Å². The van der Waals surface area contributed by atoms with Crippen LogP contribution >= 0.6 is 11.8 Å². The highest BCUT2D eigenvalue weighted by molar-refractivity contribution is 8.14. The summed E-state index contributed by atoms with van der Waals surface area (Å²) in [5.41, 5.74) is 1.95. The van der Waals surface area contributed by atoms with E-state index < -0.39 is 0 Å². The lowest BCUT2D eigenvalue weighted by Gasteiger charge is -2.12. The van der Waals surface area contributed by atoms with E-state index in [1.54, 1.807) is 18.2 Å². The number of hydrogen-bond donors (Lipinski definition) is 1. The van der Waals surface area contributed by atoms with Crippen molar-refractivity contribution >= 4 is 33.7 Å². The topological polar surface area (TPSA) is 46.4 Å². The van der Waals surface area contributed by atoms with Gasteiger partial charge in [-0.25, -0.2) is 4.39 Å². The average Bonchev–Trinajstić information content (AvgIpc) is 3.25. The van der Waals surface area contributed by atoms with E-state index in [1.165, 1.54) is 17.8 Å². The fourth-order valence-electron chi connectivity index (χ4n) is 2.94. The minimum atomic E-state index is -0.276. The largest absolute Gasteiger partial charge is 0.332 e. The molecule has 0 spiro atoms. The summed E-state index contributed by atoms with van der Waals surface area (Å²) in [7, 11) is 0. The lowest BCUT2D eigenvalue weighted by molar-refractivity contribution is 0.0969. The highest BCUT2D eigenvalue weighted by Gasteiger charge is 2.19. The van der Waals surface area contributed by atoms with Gasteiger partial charge in [-0.3, -0.25) is 9.79 Å². The standard InChI is InChI=1S/C19H16FN3OS/c20-15-7-3-1-6-14(15)12-23-16-8-4-2-5-13(16)11-17(23)18(24)22-19-21-9-10-25-19/h1-8,11H,9-10,12H2,(H,21,22,24). The number of carbonyl (C=O) groups is 1. The number of rotatable bonds is 3. The van der Waals surface area contributed by atoms with E-state index in [0.717, 1.165) is 23.2 Å². The zero-order valence-electron chi connectivity index (χ0n) is 13.4. The van der Waals surface area contributed by atoms with Gasteiger partial charge in [0.05, 0.1) is 13.1 Å². The fraction of sp³-hybridized carbons (Fsp3) is 0.158. The molecule has 1 aliphatic rings. The number of nitrogens with zero attached hydrogens (tertiary/aromatic N) is 2. The van der Waals surface area contributed by atoms with Gasteiger partial charge in [0.1, 0.15) is 11.5 Å². The molecule has 2 aromatic carbocycles. The maximum atomic E-state index is 14.1. The van der Waals surface area contributed by atoms with Gasteiger partial charge in [0, 0.05) is 22.2 Å². The Bertz CT molecular complexity index is 980. The Morgan fingerprint density at radius 3 is 2.80 bits per heavy atom. The number of hydrogen-bond acceptors (Lipinski definition) is 3. The Balaban J connectivity index is 1.75. The molecule has 126 valence electrons. The number of nitrogens with one attached hydrogen (secondary N) is 1. The van der Waals surface area contributed by atoms with Crippen molar-refractivity contribution in [2.45, 2.75) is 6.54 Å². The number of para-hydroxylation sites is 1. The van der Waals surface area contributed by atoms with Crippen LogP contribution in [0.2, 0.25) is 0 Å². The van der Waals surface area contributed by atoms with Crippen molar-refractivity contribution in [3.05, 3.63) is 71.7 Å². The maximum Gasteiger partial charge on any atom is 0.273 e. The Kier molecular flexibility index (Phi) is 4.28. The van der Waals surface area contributed by atoms with Crippen molar-refractivity contribution in [1.29, 1.82) is 0 Å². The van der Waals surface area contributed by atoms with Crippen molar-refractivity contribution in [2.24, 2.45) is 4.99 Å². The van der Waals surface area contributed by atoms with Gasteiger partial charge in [0.25, 0.3) is 5.91 Å². The second kappa shape index (κ2) is 6.72. The van der Waals surface area contributed by atoms with Gasteiger partial charge in [0.2, 0.25) is 0 Å². The molecular formula is C19H16FN3OS. The van der Waals surface area contributed by atoms with Crippen molar-refractivity contribution in [2.75, 3.05) is 12.3 Å². The number of amidine groups is 1. The summed E-state index contributed by atoms with van der Waals surface area (Å²) >= 11 is 1.53. The quantitative estimate of drug-likeness (QED) is 0.781. The summed E-state index contributed by atoms with van der Waals surface area (Å²) in [6.45, 7) is 1.01. The molecule has 0 radical (unpaired) electrons. The van der Waals surface area contributed by atoms with Crippen molar-refractivity contribution in [3.8, 4) is 0 Å². The molecule has 0 saturated carbocycles. The van der Waals surface area contributed by atoms with E-state index in [1.807, 2.05) is 34.9 Å². The molecule has 1 amide bonds. The summed E-state index contributed by atoms with van der Waals surface area (Å²) in [6.07, 6.45) is 0. The number of aliphatic imine (C=N–C) groups is 1. The second-order valence-electron chi connectivity index (χ2n) is 5.76. The van der Waals surface area contributed by atoms with Crippen molar-refractivity contribution in [3.63, 3.8) is 0 Å². The van der Waals surface area contributed by atoms with E-state index in [-0.39, 0.29) is 11.7 Å². The van der Waals surface area contributed by atoms with Gasteiger partial charge in [-0.1, -0.05) is 48.2 Å². The van der Waals surface area contributed by atoms with Crippen LogP contribution in [0.5, 0.6) is 0 Å². The fourth-order valence-corrected chi connectivity index (χ4v) is 3.66. The summed E-state index contributed by atoms with van der Waals surface area (Å²) in [5.74, 6) is 0.386. The third kappa shape index (κ3) is 3.17. The van der Waals surface area contributed by atoms with Gasteiger partial charge < -0.3 is 9.88 Å². The third-order valence-electron chi connectivity index (χ3n) is 4.14. The zero-order chi connectivity index (χ0) is 17.2. The number of thioether (sulfide) groups is 1. The summed E-state index contributed by atoms with van der Waals surface area (Å²) < 4.78 is 16.0. The van der Waals surface area contributed by atoms with Gasteiger partial charge in [-0.15, -0.1) is 0 Å². The highest BCUT2D eigenvalue weighted by Crippen LogP contribution is 2.22. The first kappa shape index (κ1) is 15.9. The van der Waals surface area contributed by atoms with Crippen LogP contribution in [-0.2, 0) is 6.54 Å². The minimum absolute atomic E-state index is 0.222. The summed E-state index contributed by atoms with van der Waals surface area (Å²) in [4.78, 5) is 17.0. The molecule has 0 atom stereocenters. The Morgan fingerprint density at radius 2 is 2.00 bits per heavy atom. The molecule has 2 heterocycles. The van der Waals surface area contributed by atoms with Gasteiger partial charge in [-0.2, -0.15) is 0 Å². The Morgan fingerprint density at radius 1 is 1.20 bits per heavy atom. The van der Waals surface area contributed by atoms with Gasteiger partial charge >= 0.3 is 0 Å². The molecule has 1 N–H and O–H groups in total. The SMILES string of the molecule is O=C(NC1=NCCS1)c1cc2ccccc2n1Cc1ccccc1F. The summed E-state index contributed by atoms with van der Waals surface area (Å²) in [5, 5.41) is 4.45. The molecule has 0 saturated heterocycles. The molecule has 0 bridgehead atoms. The van der Waals surface area contributed by atoms with Gasteiger partial charge in [-0.05, 0) is 18.2 Å². The number of benzene rings is 2. The number of amides is 1. The first-order chi connectivity index (χ1) is 12.2. The lowest BCUT2D eigenvalue weighted by Crippen LogP contribution is -2.29. The van der Waals surface area contributed by atoms with Crippen LogP contribution in [0.15, 0.2) is 59.6 Å². The number of carbonyl (C=O) groups excluding carboxylic acids is 1. The van der Waals surface area contributed by atoms with E-state index in [9.17, 15) is 9.18 Å². The first-order valence-electron chi connectivity index (χ1n) is 8.02. The van der Waals surface area contributed by atoms with Crippen LogP contribution in [0.4, 0.5) is 4.39 Å². The molecule has 25 heavy (non-hydrogen) atoms.